The van der Waals surface area contributed by atoms with Gasteiger partial charge in [0.15, 0.2) is 0 Å². The molecule has 0 amide bonds. The van der Waals surface area contributed by atoms with Crippen molar-refractivity contribution in [3.05, 3.63) is 6.92 Å². The van der Waals surface area contributed by atoms with Crippen LogP contribution in [-0.2, 0) is 0 Å². The average Bonchev–Trinajstić information content (AvgIpc) is 1.99. The highest BCUT2D eigenvalue weighted by Gasteiger charge is 2.30. The van der Waals surface area contributed by atoms with Crippen LogP contribution in [0.2, 0.25) is 0 Å². The van der Waals surface area contributed by atoms with Gasteiger partial charge in [-0.1, -0.05) is 25.7 Å². The van der Waals surface area contributed by atoms with Crippen molar-refractivity contribution in [1.29, 1.82) is 0 Å². The Hall–Kier alpha value is 0. The molecule has 2 aliphatic carbocycles. The summed E-state index contributed by atoms with van der Waals surface area (Å²) in [6.07, 6.45) is 8.88. The van der Waals surface area contributed by atoms with Gasteiger partial charge in [-0.2, -0.15) is 0 Å². The first-order chi connectivity index (χ1) is 4.86. The maximum absolute atomic E-state index is 4.22. The Bertz CT molecular complexity index is 115. The highest BCUT2D eigenvalue weighted by atomic mass is 14.4. The quantitative estimate of drug-likeness (QED) is 0.481. The minimum atomic E-state index is 0.802. The van der Waals surface area contributed by atoms with E-state index in [1.54, 1.807) is 0 Å². The molecule has 0 aromatic heterocycles. The highest BCUT2D eigenvalue weighted by molar-refractivity contribution is 4.84. The van der Waals surface area contributed by atoms with Crippen LogP contribution in [0.25, 0.3) is 0 Å². The highest BCUT2D eigenvalue weighted by Crippen LogP contribution is 2.42. The van der Waals surface area contributed by atoms with E-state index in [-0.39, 0.29) is 0 Å². The lowest BCUT2D eigenvalue weighted by molar-refractivity contribution is 0.147. The Labute approximate surface area is 64.0 Å². The van der Waals surface area contributed by atoms with E-state index < -0.39 is 0 Å². The predicted octanol–water partition coefficient (Wildman–Crippen LogP) is 3.04. The van der Waals surface area contributed by atoms with Gasteiger partial charge in [0.05, 0.1) is 0 Å². The third kappa shape index (κ3) is 1.09. The molecule has 2 rings (SSSR count). The Balaban J connectivity index is 2.00. The van der Waals surface area contributed by atoms with Gasteiger partial charge in [0.1, 0.15) is 0 Å². The zero-order valence-corrected chi connectivity index (χ0v) is 6.68. The summed E-state index contributed by atoms with van der Waals surface area (Å²) in [4.78, 5) is 0. The Morgan fingerprint density at radius 1 is 1.00 bits per heavy atom. The first-order valence-corrected chi connectivity index (χ1v) is 4.69. The van der Waals surface area contributed by atoms with Gasteiger partial charge < -0.3 is 0 Å². The molecule has 2 bridgehead atoms. The van der Waals surface area contributed by atoms with Crippen molar-refractivity contribution in [2.45, 2.75) is 38.5 Å². The lowest BCUT2D eigenvalue weighted by atomic mass is 9.67. The molecule has 3 unspecified atom stereocenters. The SMILES string of the molecule is [CH2]C1CCC2CCCC1C2. The van der Waals surface area contributed by atoms with Crippen LogP contribution in [0.4, 0.5) is 0 Å². The lowest BCUT2D eigenvalue weighted by Gasteiger charge is -2.38. The molecule has 1 radical (unpaired) electrons. The topological polar surface area (TPSA) is 0 Å². The fraction of sp³-hybridized carbons (Fsp3) is 0.900. The molecule has 0 aromatic rings. The van der Waals surface area contributed by atoms with Crippen molar-refractivity contribution in [2.24, 2.45) is 17.8 Å². The molecule has 0 heterocycles. The standard InChI is InChI=1S/C10H17/c1-8-5-6-9-3-2-4-10(8)7-9/h8-10H,1-7H2. The van der Waals surface area contributed by atoms with Crippen LogP contribution in [0, 0.1) is 24.7 Å². The molecule has 0 spiro atoms. The Kier molecular flexibility index (Phi) is 1.71. The van der Waals surface area contributed by atoms with Gasteiger partial charge in [0.25, 0.3) is 0 Å². The summed E-state index contributed by atoms with van der Waals surface area (Å²) in [5, 5.41) is 0. The summed E-state index contributed by atoms with van der Waals surface area (Å²) in [6, 6.07) is 0. The zero-order valence-electron chi connectivity index (χ0n) is 6.68. The van der Waals surface area contributed by atoms with Crippen molar-refractivity contribution >= 4 is 0 Å². The van der Waals surface area contributed by atoms with Crippen LogP contribution in [0.3, 0.4) is 0 Å². The van der Waals surface area contributed by atoms with Gasteiger partial charge in [-0.15, -0.1) is 0 Å². The molecule has 2 saturated carbocycles. The predicted molar refractivity (Wildman–Crippen MR) is 43.5 cm³/mol. The smallest absolute Gasteiger partial charge is 0.0383 e. The normalized spacial score (nSPS) is 47.1. The average molecular weight is 137 g/mol. The summed E-state index contributed by atoms with van der Waals surface area (Å²) in [5.41, 5.74) is 0. The number of hydrogen-bond donors (Lipinski definition) is 0. The van der Waals surface area contributed by atoms with Crippen LogP contribution in [-0.4, -0.2) is 0 Å². The van der Waals surface area contributed by atoms with Crippen LogP contribution in [0.15, 0.2) is 0 Å². The van der Waals surface area contributed by atoms with Crippen molar-refractivity contribution in [3.63, 3.8) is 0 Å². The minimum Gasteiger partial charge on any atom is -0.0528 e. The van der Waals surface area contributed by atoms with Gasteiger partial charge in [-0.25, -0.2) is 0 Å². The summed E-state index contributed by atoms with van der Waals surface area (Å²) in [5.74, 6) is 2.90. The van der Waals surface area contributed by atoms with Crippen LogP contribution in [0.1, 0.15) is 38.5 Å². The van der Waals surface area contributed by atoms with Crippen LogP contribution >= 0.6 is 0 Å². The largest absolute Gasteiger partial charge is 0.0528 e. The molecule has 0 nitrogen and oxygen atoms in total. The first-order valence-electron chi connectivity index (χ1n) is 4.69. The van der Waals surface area contributed by atoms with Gasteiger partial charge in [-0.05, 0) is 37.5 Å². The zero-order chi connectivity index (χ0) is 6.97. The van der Waals surface area contributed by atoms with E-state index in [9.17, 15) is 0 Å². The third-order valence-corrected chi connectivity index (χ3v) is 3.44. The number of rotatable bonds is 0. The minimum absolute atomic E-state index is 0.802. The van der Waals surface area contributed by atoms with Gasteiger partial charge in [0.2, 0.25) is 0 Å². The van der Waals surface area contributed by atoms with Gasteiger partial charge in [0, 0.05) is 0 Å². The number of hydrogen-bond acceptors (Lipinski definition) is 0. The van der Waals surface area contributed by atoms with E-state index in [4.69, 9.17) is 0 Å². The van der Waals surface area contributed by atoms with E-state index in [1.165, 1.54) is 38.5 Å². The van der Waals surface area contributed by atoms with Crippen molar-refractivity contribution in [3.8, 4) is 0 Å². The van der Waals surface area contributed by atoms with E-state index in [0.29, 0.717) is 0 Å². The molecule has 0 aromatic carbocycles. The third-order valence-electron chi connectivity index (χ3n) is 3.44. The van der Waals surface area contributed by atoms with E-state index in [0.717, 1.165) is 17.8 Å². The van der Waals surface area contributed by atoms with Crippen molar-refractivity contribution in [2.75, 3.05) is 0 Å². The van der Waals surface area contributed by atoms with E-state index in [1.807, 2.05) is 0 Å². The second-order valence-electron chi connectivity index (χ2n) is 4.13. The molecule has 3 atom stereocenters. The number of fused-ring (bicyclic) bond motifs is 2. The maximum Gasteiger partial charge on any atom is -0.0383 e. The monoisotopic (exact) mass is 137 g/mol. The molecule has 0 saturated heterocycles. The summed E-state index contributed by atoms with van der Waals surface area (Å²) in [7, 11) is 0. The fourth-order valence-corrected chi connectivity index (χ4v) is 2.71. The Morgan fingerprint density at radius 3 is 2.70 bits per heavy atom. The second-order valence-corrected chi connectivity index (χ2v) is 4.13. The first kappa shape index (κ1) is 6.69. The molecule has 57 valence electrons. The Morgan fingerprint density at radius 2 is 1.90 bits per heavy atom. The van der Waals surface area contributed by atoms with Gasteiger partial charge in [-0.3, -0.25) is 0 Å². The molecule has 2 aliphatic rings. The molecule has 0 N–H and O–H groups in total. The molecule has 10 heavy (non-hydrogen) atoms. The van der Waals surface area contributed by atoms with E-state index in [2.05, 4.69) is 6.92 Å². The summed E-state index contributed by atoms with van der Waals surface area (Å²) < 4.78 is 0. The molecule has 2 fully saturated rings. The van der Waals surface area contributed by atoms with Gasteiger partial charge >= 0.3 is 0 Å². The molecular weight excluding hydrogens is 120 g/mol. The molecular formula is C10H17. The summed E-state index contributed by atoms with van der Waals surface area (Å²) in [6.45, 7) is 4.22. The summed E-state index contributed by atoms with van der Waals surface area (Å²) >= 11 is 0. The lowest BCUT2D eigenvalue weighted by Crippen LogP contribution is -2.26. The second kappa shape index (κ2) is 2.56. The van der Waals surface area contributed by atoms with E-state index >= 15 is 0 Å². The maximum atomic E-state index is 4.22. The fourth-order valence-electron chi connectivity index (χ4n) is 2.71. The molecule has 0 aliphatic heterocycles. The van der Waals surface area contributed by atoms with Crippen LogP contribution < -0.4 is 0 Å². The van der Waals surface area contributed by atoms with Crippen molar-refractivity contribution in [1.82, 2.24) is 0 Å². The molecule has 0 heteroatoms. The van der Waals surface area contributed by atoms with Crippen molar-refractivity contribution < 1.29 is 0 Å². The van der Waals surface area contributed by atoms with Crippen LogP contribution in [0.5, 0.6) is 0 Å².